The molecule has 4 nitrogen and oxygen atoms in total. The Morgan fingerprint density at radius 3 is 2.68 bits per heavy atom. The third kappa shape index (κ3) is 4.76. The van der Waals surface area contributed by atoms with Gasteiger partial charge in [-0.1, -0.05) is 0 Å². The summed E-state index contributed by atoms with van der Waals surface area (Å²) in [6, 6.07) is 8.24. The topological polar surface area (TPSA) is 64.3 Å². The number of nitrogens with two attached hydrogens (primary N) is 1. The van der Waals surface area contributed by atoms with Crippen LogP contribution in [0.5, 0.6) is 5.75 Å². The third-order valence-electron chi connectivity index (χ3n) is 3.09. The SMILES string of the molecule is COc1ccc(SCCC(NC2CC2)C(N)=O)cc1. The molecule has 1 atom stereocenters. The molecule has 2 rings (SSSR count). The second kappa shape index (κ2) is 6.82. The maximum Gasteiger partial charge on any atom is 0.234 e. The molecule has 0 bridgehead atoms. The van der Waals surface area contributed by atoms with Gasteiger partial charge in [-0.3, -0.25) is 4.79 Å². The van der Waals surface area contributed by atoms with E-state index in [1.807, 2.05) is 24.3 Å². The van der Waals surface area contributed by atoms with Crippen LogP contribution in [-0.4, -0.2) is 30.9 Å². The number of carbonyl (C=O) groups is 1. The van der Waals surface area contributed by atoms with E-state index in [1.165, 1.54) is 4.90 Å². The second-order valence-corrected chi connectivity index (χ2v) is 5.88. The Morgan fingerprint density at radius 2 is 2.16 bits per heavy atom. The number of hydrogen-bond donors (Lipinski definition) is 2. The summed E-state index contributed by atoms with van der Waals surface area (Å²) in [7, 11) is 1.66. The fraction of sp³-hybridized carbons (Fsp3) is 0.500. The molecule has 1 fully saturated rings. The van der Waals surface area contributed by atoms with Crippen LogP contribution < -0.4 is 15.8 Å². The van der Waals surface area contributed by atoms with Gasteiger partial charge < -0.3 is 15.8 Å². The first-order valence-electron chi connectivity index (χ1n) is 6.51. The van der Waals surface area contributed by atoms with Crippen molar-refractivity contribution in [1.29, 1.82) is 0 Å². The summed E-state index contributed by atoms with van der Waals surface area (Å²) < 4.78 is 5.11. The Kier molecular flexibility index (Phi) is 5.10. The van der Waals surface area contributed by atoms with Crippen molar-refractivity contribution in [2.45, 2.75) is 36.2 Å². The fourth-order valence-corrected chi connectivity index (χ4v) is 2.73. The minimum absolute atomic E-state index is 0.196. The maximum atomic E-state index is 11.3. The average Bonchev–Trinajstić information content (AvgIpc) is 3.22. The van der Waals surface area contributed by atoms with Crippen LogP contribution in [0.1, 0.15) is 19.3 Å². The summed E-state index contributed by atoms with van der Waals surface area (Å²) in [4.78, 5) is 12.5. The van der Waals surface area contributed by atoms with E-state index in [1.54, 1.807) is 18.9 Å². The summed E-state index contributed by atoms with van der Waals surface area (Å²) in [5, 5.41) is 3.29. The van der Waals surface area contributed by atoms with Gasteiger partial charge in [-0.15, -0.1) is 11.8 Å². The van der Waals surface area contributed by atoms with Crippen molar-refractivity contribution in [2.24, 2.45) is 5.73 Å². The van der Waals surface area contributed by atoms with Gasteiger partial charge in [0, 0.05) is 10.9 Å². The largest absolute Gasteiger partial charge is 0.497 e. The molecule has 1 amide bonds. The molecule has 0 heterocycles. The van der Waals surface area contributed by atoms with Crippen molar-refractivity contribution in [2.75, 3.05) is 12.9 Å². The first-order chi connectivity index (χ1) is 9.19. The zero-order chi connectivity index (χ0) is 13.7. The third-order valence-corrected chi connectivity index (χ3v) is 4.14. The lowest BCUT2D eigenvalue weighted by molar-refractivity contribution is -0.120. The molecule has 19 heavy (non-hydrogen) atoms. The van der Waals surface area contributed by atoms with Gasteiger partial charge in [-0.25, -0.2) is 0 Å². The zero-order valence-electron chi connectivity index (χ0n) is 11.1. The molecule has 3 N–H and O–H groups in total. The molecule has 1 saturated carbocycles. The van der Waals surface area contributed by atoms with Gasteiger partial charge >= 0.3 is 0 Å². The monoisotopic (exact) mass is 280 g/mol. The highest BCUT2D eigenvalue weighted by Crippen LogP contribution is 2.23. The van der Waals surface area contributed by atoms with E-state index >= 15 is 0 Å². The summed E-state index contributed by atoms with van der Waals surface area (Å²) in [6.07, 6.45) is 3.09. The molecular weight excluding hydrogens is 260 g/mol. The highest BCUT2D eigenvalue weighted by molar-refractivity contribution is 7.99. The van der Waals surface area contributed by atoms with E-state index in [-0.39, 0.29) is 11.9 Å². The lowest BCUT2D eigenvalue weighted by Crippen LogP contribution is -2.42. The van der Waals surface area contributed by atoms with Crippen molar-refractivity contribution in [3.05, 3.63) is 24.3 Å². The second-order valence-electron chi connectivity index (χ2n) is 4.71. The van der Waals surface area contributed by atoms with Crippen molar-refractivity contribution in [3.63, 3.8) is 0 Å². The van der Waals surface area contributed by atoms with E-state index in [2.05, 4.69) is 5.32 Å². The van der Waals surface area contributed by atoms with Gasteiger partial charge in [0.1, 0.15) is 5.75 Å². The van der Waals surface area contributed by atoms with Gasteiger partial charge in [-0.05, 0) is 49.3 Å². The average molecular weight is 280 g/mol. The molecule has 104 valence electrons. The van der Waals surface area contributed by atoms with Crippen molar-refractivity contribution < 1.29 is 9.53 Å². The molecule has 0 aromatic heterocycles. The minimum atomic E-state index is -0.248. The lowest BCUT2D eigenvalue weighted by Gasteiger charge is -2.14. The van der Waals surface area contributed by atoms with Crippen LogP contribution in [0.15, 0.2) is 29.2 Å². The number of carbonyl (C=O) groups excluding carboxylic acids is 1. The number of hydrogen-bond acceptors (Lipinski definition) is 4. The van der Waals surface area contributed by atoms with E-state index in [4.69, 9.17) is 10.5 Å². The molecule has 1 aliphatic carbocycles. The Bertz CT molecular complexity index is 418. The van der Waals surface area contributed by atoms with E-state index in [0.29, 0.717) is 6.04 Å². The predicted molar refractivity (Wildman–Crippen MR) is 77.5 cm³/mol. The number of nitrogens with one attached hydrogen (secondary N) is 1. The molecular formula is C14H20N2O2S. The minimum Gasteiger partial charge on any atom is -0.497 e. The molecule has 1 aromatic rings. The summed E-state index contributed by atoms with van der Waals surface area (Å²) in [5.74, 6) is 1.48. The number of thioether (sulfide) groups is 1. The zero-order valence-corrected chi connectivity index (χ0v) is 11.9. The van der Waals surface area contributed by atoms with Crippen LogP contribution in [0, 0.1) is 0 Å². The van der Waals surface area contributed by atoms with E-state index in [9.17, 15) is 4.79 Å². The normalized spacial score (nSPS) is 16.1. The van der Waals surface area contributed by atoms with Crippen LogP contribution in [0.3, 0.4) is 0 Å². The Morgan fingerprint density at radius 1 is 1.47 bits per heavy atom. The first-order valence-corrected chi connectivity index (χ1v) is 7.50. The van der Waals surface area contributed by atoms with Crippen LogP contribution in [0.4, 0.5) is 0 Å². The number of benzene rings is 1. The van der Waals surface area contributed by atoms with Crippen molar-refractivity contribution >= 4 is 17.7 Å². The molecule has 0 spiro atoms. The number of primary amides is 1. The van der Waals surface area contributed by atoms with Gasteiger partial charge in [0.2, 0.25) is 5.91 Å². The van der Waals surface area contributed by atoms with Gasteiger partial charge in [0.25, 0.3) is 0 Å². The van der Waals surface area contributed by atoms with Gasteiger partial charge in [0.05, 0.1) is 13.2 Å². The summed E-state index contributed by atoms with van der Waals surface area (Å²) in [5.41, 5.74) is 5.40. The van der Waals surface area contributed by atoms with Crippen LogP contribution >= 0.6 is 11.8 Å². The van der Waals surface area contributed by atoms with Crippen LogP contribution in [0.25, 0.3) is 0 Å². The smallest absolute Gasteiger partial charge is 0.234 e. The van der Waals surface area contributed by atoms with E-state index < -0.39 is 0 Å². The van der Waals surface area contributed by atoms with Crippen molar-refractivity contribution in [1.82, 2.24) is 5.32 Å². The van der Waals surface area contributed by atoms with Crippen molar-refractivity contribution in [3.8, 4) is 5.75 Å². The Balaban J connectivity index is 1.75. The maximum absolute atomic E-state index is 11.3. The van der Waals surface area contributed by atoms with Gasteiger partial charge in [-0.2, -0.15) is 0 Å². The molecule has 5 heteroatoms. The standard InChI is InChI=1S/C14H20N2O2S/c1-18-11-4-6-12(7-5-11)19-9-8-13(14(15)17)16-10-2-3-10/h4-7,10,13,16H,2-3,8-9H2,1H3,(H2,15,17). The number of rotatable bonds is 8. The Labute approximate surface area is 118 Å². The van der Waals surface area contributed by atoms with E-state index in [0.717, 1.165) is 30.8 Å². The van der Waals surface area contributed by atoms with Crippen LogP contribution in [0.2, 0.25) is 0 Å². The molecule has 1 unspecified atom stereocenters. The molecule has 1 aromatic carbocycles. The number of amides is 1. The fourth-order valence-electron chi connectivity index (χ4n) is 1.81. The highest BCUT2D eigenvalue weighted by atomic mass is 32.2. The Hall–Kier alpha value is -1.20. The predicted octanol–water partition coefficient (Wildman–Crippen LogP) is 1.78. The summed E-state index contributed by atoms with van der Waals surface area (Å²) in [6.45, 7) is 0. The molecule has 0 radical (unpaired) electrons. The molecule has 0 saturated heterocycles. The quantitative estimate of drug-likeness (QED) is 0.713. The number of ether oxygens (including phenoxy) is 1. The highest BCUT2D eigenvalue weighted by Gasteiger charge is 2.26. The first kappa shape index (κ1) is 14.2. The lowest BCUT2D eigenvalue weighted by atomic mass is 10.2. The van der Waals surface area contributed by atoms with Gasteiger partial charge in [0.15, 0.2) is 0 Å². The summed E-state index contributed by atoms with van der Waals surface area (Å²) >= 11 is 1.73. The molecule has 1 aliphatic rings. The van der Waals surface area contributed by atoms with Crippen LogP contribution in [-0.2, 0) is 4.79 Å². The molecule has 0 aliphatic heterocycles. The number of methoxy groups -OCH3 is 1.